The van der Waals surface area contributed by atoms with Crippen molar-refractivity contribution in [2.24, 2.45) is 5.92 Å². The Labute approximate surface area is 154 Å². The summed E-state index contributed by atoms with van der Waals surface area (Å²) < 4.78 is 0. The average molecular weight is 364 g/mol. The second-order valence-electron chi connectivity index (χ2n) is 7.15. The molecule has 0 radical (unpaired) electrons. The van der Waals surface area contributed by atoms with Gasteiger partial charge in [-0.25, -0.2) is 0 Å². The van der Waals surface area contributed by atoms with E-state index in [4.69, 9.17) is 0 Å². The summed E-state index contributed by atoms with van der Waals surface area (Å²) in [6, 6.07) is 3.61. The highest BCUT2D eigenvalue weighted by molar-refractivity contribution is 7.09. The maximum absolute atomic E-state index is 12.7. The van der Waals surface area contributed by atoms with Gasteiger partial charge < -0.3 is 15.5 Å². The first-order valence-corrected chi connectivity index (χ1v) is 10.4. The van der Waals surface area contributed by atoms with Crippen molar-refractivity contribution in [1.82, 2.24) is 15.5 Å². The summed E-state index contributed by atoms with van der Waals surface area (Å²) in [4.78, 5) is 28.2. The van der Waals surface area contributed by atoms with Gasteiger partial charge in [-0.15, -0.1) is 11.3 Å². The minimum absolute atomic E-state index is 0.0494. The monoisotopic (exact) mass is 363 g/mol. The Kier molecular flexibility index (Phi) is 6.87. The van der Waals surface area contributed by atoms with E-state index in [2.05, 4.69) is 10.6 Å². The van der Waals surface area contributed by atoms with Gasteiger partial charge in [0.05, 0.1) is 6.54 Å². The Morgan fingerprint density at radius 2 is 2.12 bits per heavy atom. The van der Waals surface area contributed by atoms with Crippen LogP contribution in [0.2, 0.25) is 0 Å². The van der Waals surface area contributed by atoms with Crippen molar-refractivity contribution in [2.45, 2.75) is 57.5 Å². The maximum atomic E-state index is 12.7. The lowest BCUT2D eigenvalue weighted by Gasteiger charge is -2.35. The molecule has 0 aromatic carbocycles. The van der Waals surface area contributed by atoms with E-state index < -0.39 is 0 Å². The average Bonchev–Trinajstić information content (AvgIpc) is 3.18. The molecule has 0 spiro atoms. The van der Waals surface area contributed by atoms with E-state index in [0.29, 0.717) is 32.0 Å². The van der Waals surface area contributed by atoms with E-state index in [-0.39, 0.29) is 17.9 Å². The molecule has 2 fully saturated rings. The second-order valence-corrected chi connectivity index (χ2v) is 8.18. The molecule has 1 aromatic rings. The molecule has 2 N–H and O–H groups in total. The van der Waals surface area contributed by atoms with Crippen molar-refractivity contribution in [3.63, 3.8) is 0 Å². The summed E-state index contributed by atoms with van der Waals surface area (Å²) in [6.45, 7) is 2.48. The van der Waals surface area contributed by atoms with Crippen LogP contribution < -0.4 is 10.6 Å². The molecule has 1 saturated carbocycles. The van der Waals surface area contributed by atoms with Gasteiger partial charge in [0.2, 0.25) is 11.8 Å². The lowest BCUT2D eigenvalue weighted by molar-refractivity contribution is -0.141. The fourth-order valence-electron chi connectivity index (χ4n) is 3.89. The van der Waals surface area contributed by atoms with E-state index >= 15 is 0 Å². The minimum atomic E-state index is -0.382. The third-order valence-corrected chi connectivity index (χ3v) is 6.25. The quantitative estimate of drug-likeness (QED) is 0.816. The normalized spacial score (nSPS) is 21.9. The van der Waals surface area contributed by atoms with E-state index in [1.54, 1.807) is 16.2 Å². The van der Waals surface area contributed by atoms with Crippen molar-refractivity contribution in [3.05, 3.63) is 22.4 Å². The SMILES string of the molecule is O=C(NCc1cccs1)C1CNCCN1C(=O)CCC1CCCCC1. The Balaban J connectivity index is 1.50. The molecule has 2 heterocycles. The van der Waals surface area contributed by atoms with Gasteiger partial charge in [0.25, 0.3) is 0 Å². The van der Waals surface area contributed by atoms with Crippen LogP contribution >= 0.6 is 11.3 Å². The van der Waals surface area contributed by atoms with E-state index in [1.807, 2.05) is 17.5 Å². The third-order valence-electron chi connectivity index (χ3n) is 5.37. The number of hydrogen-bond donors (Lipinski definition) is 2. The fraction of sp³-hybridized carbons (Fsp3) is 0.684. The molecule has 1 aliphatic carbocycles. The summed E-state index contributed by atoms with van der Waals surface area (Å²) in [7, 11) is 0. The summed E-state index contributed by atoms with van der Waals surface area (Å²) in [5.74, 6) is 0.793. The van der Waals surface area contributed by atoms with Crippen LogP contribution in [0.3, 0.4) is 0 Å². The lowest BCUT2D eigenvalue weighted by atomic mass is 9.86. The third kappa shape index (κ3) is 5.28. The van der Waals surface area contributed by atoms with Gasteiger partial charge in [-0.1, -0.05) is 38.2 Å². The first-order chi connectivity index (χ1) is 12.2. The largest absolute Gasteiger partial charge is 0.349 e. The van der Waals surface area contributed by atoms with Crippen LogP contribution in [-0.2, 0) is 16.1 Å². The highest BCUT2D eigenvalue weighted by Gasteiger charge is 2.32. The lowest BCUT2D eigenvalue weighted by Crippen LogP contribution is -2.59. The van der Waals surface area contributed by atoms with Crippen LogP contribution in [0, 0.1) is 5.92 Å². The Hall–Kier alpha value is -1.40. The van der Waals surface area contributed by atoms with Gasteiger partial charge in [0, 0.05) is 30.9 Å². The van der Waals surface area contributed by atoms with Gasteiger partial charge in [0.15, 0.2) is 0 Å². The molecule has 1 aliphatic heterocycles. The zero-order valence-corrected chi connectivity index (χ0v) is 15.7. The summed E-state index contributed by atoms with van der Waals surface area (Å²) in [5.41, 5.74) is 0. The standard InChI is InChI=1S/C19H29N3O2S/c23-18(9-8-15-5-2-1-3-6-15)22-11-10-20-14-17(22)19(24)21-13-16-7-4-12-25-16/h4,7,12,15,17,20H,1-3,5-6,8-11,13-14H2,(H,21,24). The highest BCUT2D eigenvalue weighted by atomic mass is 32.1. The van der Waals surface area contributed by atoms with E-state index in [1.165, 1.54) is 32.1 Å². The Bertz CT molecular complexity index is 555. The summed E-state index contributed by atoms with van der Waals surface area (Å²) in [5, 5.41) is 8.23. The minimum Gasteiger partial charge on any atom is -0.349 e. The number of carbonyl (C=O) groups excluding carboxylic acids is 2. The first kappa shape index (κ1) is 18.4. The van der Waals surface area contributed by atoms with Crippen molar-refractivity contribution < 1.29 is 9.59 Å². The molecule has 5 nitrogen and oxygen atoms in total. The van der Waals surface area contributed by atoms with Crippen LogP contribution in [0.25, 0.3) is 0 Å². The molecule has 2 aliphatic rings. The molecule has 3 rings (SSSR count). The number of rotatable bonds is 6. The number of amides is 2. The predicted molar refractivity (Wildman–Crippen MR) is 100 cm³/mol. The van der Waals surface area contributed by atoms with Gasteiger partial charge in [0.1, 0.15) is 6.04 Å². The van der Waals surface area contributed by atoms with Crippen LogP contribution in [0.5, 0.6) is 0 Å². The van der Waals surface area contributed by atoms with Crippen molar-refractivity contribution >= 4 is 23.2 Å². The molecule has 6 heteroatoms. The van der Waals surface area contributed by atoms with Crippen LogP contribution in [0.1, 0.15) is 49.8 Å². The molecule has 1 unspecified atom stereocenters. The van der Waals surface area contributed by atoms with Crippen molar-refractivity contribution in [2.75, 3.05) is 19.6 Å². The van der Waals surface area contributed by atoms with Gasteiger partial charge in [-0.2, -0.15) is 0 Å². The van der Waals surface area contributed by atoms with Crippen LogP contribution in [0.15, 0.2) is 17.5 Å². The molecule has 1 atom stereocenters. The van der Waals surface area contributed by atoms with Crippen molar-refractivity contribution in [1.29, 1.82) is 0 Å². The number of nitrogens with one attached hydrogen (secondary N) is 2. The van der Waals surface area contributed by atoms with Gasteiger partial charge in [-0.05, 0) is 23.8 Å². The first-order valence-electron chi connectivity index (χ1n) is 9.54. The molecule has 2 amide bonds. The molecule has 1 saturated heterocycles. The smallest absolute Gasteiger partial charge is 0.244 e. The fourth-order valence-corrected chi connectivity index (χ4v) is 4.53. The number of thiophene rings is 1. The molecule has 138 valence electrons. The molecular weight excluding hydrogens is 334 g/mol. The number of piperazine rings is 1. The van der Waals surface area contributed by atoms with Crippen LogP contribution in [0.4, 0.5) is 0 Å². The highest BCUT2D eigenvalue weighted by Crippen LogP contribution is 2.27. The number of nitrogens with zero attached hydrogens (tertiary/aromatic N) is 1. The van der Waals surface area contributed by atoms with Gasteiger partial charge in [-0.3, -0.25) is 9.59 Å². The molecule has 1 aromatic heterocycles. The zero-order chi connectivity index (χ0) is 17.5. The number of carbonyl (C=O) groups is 2. The summed E-state index contributed by atoms with van der Waals surface area (Å²) in [6.07, 6.45) is 8.04. The van der Waals surface area contributed by atoms with E-state index in [9.17, 15) is 9.59 Å². The van der Waals surface area contributed by atoms with Crippen LogP contribution in [-0.4, -0.2) is 42.4 Å². The Morgan fingerprint density at radius 1 is 1.28 bits per heavy atom. The second kappa shape index (κ2) is 9.34. The predicted octanol–water partition coefficient (Wildman–Crippen LogP) is 2.53. The summed E-state index contributed by atoms with van der Waals surface area (Å²) >= 11 is 1.63. The van der Waals surface area contributed by atoms with Gasteiger partial charge >= 0.3 is 0 Å². The molecular formula is C19H29N3O2S. The molecule has 25 heavy (non-hydrogen) atoms. The topological polar surface area (TPSA) is 61.4 Å². The number of hydrogen-bond acceptors (Lipinski definition) is 4. The Morgan fingerprint density at radius 3 is 2.88 bits per heavy atom. The molecule has 0 bridgehead atoms. The zero-order valence-electron chi connectivity index (χ0n) is 14.8. The van der Waals surface area contributed by atoms with Crippen molar-refractivity contribution in [3.8, 4) is 0 Å². The maximum Gasteiger partial charge on any atom is 0.244 e. The van der Waals surface area contributed by atoms with E-state index in [0.717, 1.165) is 17.8 Å².